The summed E-state index contributed by atoms with van der Waals surface area (Å²) >= 11 is 5.86. The average molecular weight is 360 g/mol. The summed E-state index contributed by atoms with van der Waals surface area (Å²) in [7, 11) is 0. The van der Waals surface area contributed by atoms with Gasteiger partial charge >= 0.3 is 0 Å². The summed E-state index contributed by atoms with van der Waals surface area (Å²) in [6, 6.07) is 11.5. The van der Waals surface area contributed by atoms with Crippen LogP contribution in [-0.2, 0) is 0 Å². The van der Waals surface area contributed by atoms with Gasteiger partial charge < -0.3 is 15.8 Å². The average Bonchev–Trinajstić information content (AvgIpc) is 2.63. The molecule has 0 fully saturated rings. The third kappa shape index (κ3) is 3.44. The second-order valence-corrected chi connectivity index (χ2v) is 5.63. The van der Waals surface area contributed by atoms with Crippen molar-refractivity contribution in [3.63, 3.8) is 0 Å². The lowest BCUT2D eigenvalue weighted by molar-refractivity contribution is 0.397. The van der Waals surface area contributed by atoms with E-state index in [0.29, 0.717) is 5.02 Å². The summed E-state index contributed by atoms with van der Waals surface area (Å²) < 4.78 is 27.5. The summed E-state index contributed by atoms with van der Waals surface area (Å²) in [6.07, 6.45) is 2.37. The van der Waals surface area contributed by atoms with Crippen LogP contribution in [0.3, 0.4) is 0 Å². The highest BCUT2D eigenvalue weighted by Crippen LogP contribution is 2.32. The van der Waals surface area contributed by atoms with Crippen molar-refractivity contribution in [3.05, 3.63) is 70.9 Å². The lowest BCUT2D eigenvalue weighted by atomic mass is 10.1. The van der Waals surface area contributed by atoms with Crippen molar-refractivity contribution in [2.75, 3.05) is 5.32 Å². The highest BCUT2D eigenvalue weighted by Gasteiger charge is 2.17. The molecule has 0 aliphatic carbocycles. The van der Waals surface area contributed by atoms with E-state index < -0.39 is 17.4 Å². The van der Waals surface area contributed by atoms with Crippen molar-refractivity contribution in [1.29, 1.82) is 5.41 Å². The Balaban J connectivity index is 1.91. The summed E-state index contributed by atoms with van der Waals surface area (Å²) in [5.41, 5.74) is 1.48. The first kappa shape index (κ1) is 16.9. The Bertz CT molecular complexity index is 929. The SMILES string of the molecule is N=Cc1cc(F)c(O)c(F)c1Nc1ccc(-c2ccc(Cl)cc2)cn1. The van der Waals surface area contributed by atoms with Crippen LogP contribution in [0.2, 0.25) is 5.02 Å². The van der Waals surface area contributed by atoms with E-state index in [9.17, 15) is 13.9 Å². The largest absolute Gasteiger partial charge is 0.503 e. The number of aromatic nitrogens is 1. The fraction of sp³-hybridized carbons (Fsp3) is 0. The molecule has 1 heterocycles. The Kier molecular flexibility index (Phi) is 4.63. The number of aromatic hydroxyl groups is 1. The summed E-state index contributed by atoms with van der Waals surface area (Å²) in [5.74, 6) is -3.13. The smallest absolute Gasteiger partial charge is 0.191 e. The van der Waals surface area contributed by atoms with Crippen molar-refractivity contribution in [1.82, 2.24) is 4.98 Å². The van der Waals surface area contributed by atoms with Crippen molar-refractivity contribution in [2.45, 2.75) is 0 Å². The van der Waals surface area contributed by atoms with Crippen LogP contribution in [0.1, 0.15) is 5.56 Å². The topological polar surface area (TPSA) is 69.0 Å². The maximum absolute atomic E-state index is 14.1. The van der Waals surface area contributed by atoms with Gasteiger partial charge in [-0.25, -0.2) is 13.8 Å². The van der Waals surface area contributed by atoms with Gasteiger partial charge in [0.15, 0.2) is 17.4 Å². The van der Waals surface area contributed by atoms with Crippen LogP contribution in [-0.4, -0.2) is 16.3 Å². The number of rotatable bonds is 4. The molecule has 0 amide bonds. The third-order valence-corrected chi connectivity index (χ3v) is 3.83. The first-order valence-electron chi connectivity index (χ1n) is 7.20. The molecule has 0 radical (unpaired) electrons. The molecule has 0 aliphatic heterocycles. The number of nitrogens with one attached hydrogen (secondary N) is 2. The van der Waals surface area contributed by atoms with Crippen LogP contribution in [0, 0.1) is 17.0 Å². The second-order valence-electron chi connectivity index (χ2n) is 5.19. The molecule has 2 aromatic carbocycles. The predicted molar refractivity (Wildman–Crippen MR) is 93.9 cm³/mol. The molecule has 3 N–H and O–H groups in total. The van der Waals surface area contributed by atoms with E-state index in [4.69, 9.17) is 17.0 Å². The maximum atomic E-state index is 14.1. The molecular formula is C18H12ClF2N3O. The van der Waals surface area contributed by atoms with Gasteiger partial charge in [0.1, 0.15) is 5.82 Å². The van der Waals surface area contributed by atoms with E-state index in [-0.39, 0.29) is 17.1 Å². The van der Waals surface area contributed by atoms with Gasteiger partial charge in [0, 0.05) is 28.6 Å². The molecule has 0 unspecified atom stereocenters. The molecule has 3 rings (SSSR count). The monoisotopic (exact) mass is 359 g/mol. The Morgan fingerprint density at radius 1 is 1.08 bits per heavy atom. The standard InChI is InChI=1S/C18H12ClF2N3O/c19-13-4-1-10(2-5-13)11-3-6-15(23-9-11)24-17-12(8-22)7-14(20)18(25)16(17)21/h1-9,22,25H,(H,23,24). The zero-order valence-corrected chi connectivity index (χ0v) is 13.5. The summed E-state index contributed by atoms with van der Waals surface area (Å²) in [5, 5.41) is 20.0. The predicted octanol–water partition coefficient (Wildman–Crippen LogP) is 5.13. The van der Waals surface area contributed by atoms with Gasteiger partial charge in [-0.2, -0.15) is 0 Å². The summed E-state index contributed by atoms with van der Waals surface area (Å²) in [4.78, 5) is 4.18. The Hall–Kier alpha value is -2.99. The highest BCUT2D eigenvalue weighted by molar-refractivity contribution is 6.30. The molecule has 0 spiro atoms. The molecule has 4 nitrogen and oxygen atoms in total. The molecule has 0 saturated heterocycles. The van der Waals surface area contributed by atoms with E-state index in [0.717, 1.165) is 23.4 Å². The lowest BCUT2D eigenvalue weighted by Crippen LogP contribution is -2.02. The van der Waals surface area contributed by atoms with Gasteiger partial charge in [-0.3, -0.25) is 0 Å². The van der Waals surface area contributed by atoms with E-state index in [1.165, 1.54) is 0 Å². The summed E-state index contributed by atoms with van der Waals surface area (Å²) in [6.45, 7) is 0. The molecule has 0 aliphatic rings. The number of pyridine rings is 1. The fourth-order valence-electron chi connectivity index (χ4n) is 2.28. The second kappa shape index (κ2) is 6.86. The molecule has 3 aromatic rings. The van der Waals surface area contributed by atoms with Gasteiger partial charge in [-0.1, -0.05) is 23.7 Å². The fourth-order valence-corrected chi connectivity index (χ4v) is 2.40. The Labute approximate surface area is 147 Å². The maximum Gasteiger partial charge on any atom is 0.191 e. The van der Waals surface area contributed by atoms with Crippen LogP contribution < -0.4 is 5.32 Å². The molecule has 0 saturated carbocycles. The van der Waals surface area contributed by atoms with E-state index in [1.807, 2.05) is 12.1 Å². The van der Waals surface area contributed by atoms with Crippen molar-refractivity contribution >= 4 is 29.3 Å². The number of phenols is 1. The van der Waals surface area contributed by atoms with Gasteiger partial charge in [-0.05, 0) is 35.9 Å². The molecule has 0 bridgehead atoms. The first-order chi connectivity index (χ1) is 12.0. The van der Waals surface area contributed by atoms with E-state index in [1.54, 1.807) is 30.5 Å². The number of nitrogens with zero attached hydrogens (tertiary/aromatic N) is 1. The molecule has 1 aromatic heterocycles. The molecule has 7 heteroatoms. The van der Waals surface area contributed by atoms with Crippen molar-refractivity contribution in [2.24, 2.45) is 0 Å². The van der Waals surface area contributed by atoms with Gasteiger partial charge in [-0.15, -0.1) is 0 Å². The van der Waals surface area contributed by atoms with Crippen LogP contribution in [0.5, 0.6) is 5.75 Å². The van der Waals surface area contributed by atoms with Crippen LogP contribution in [0.25, 0.3) is 11.1 Å². The number of hydrogen-bond acceptors (Lipinski definition) is 4. The number of benzene rings is 2. The zero-order valence-electron chi connectivity index (χ0n) is 12.7. The zero-order chi connectivity index (χ0) is 18.0. The van der Waals surface area contributed by atoms with E-state index >= 15 is 0 Å². The Morgan fingerprint density at radius 2 is 1.76 bits per heavy atom. The molecule has 25 heavy (non-hydrogen) atoms. The van der Waals surface area contributed by atoms with Gasteiger partial charge in [0.2, 0.25) is 0 Å². The minimum atomic E-state index is -1.18. The van der Waals surface area contributed by atoms with Crippen LogP contribution in [0.4, 0.5) is 20.3 Å². The Morgan fingerprint density at radius 3 is 2.36 bits per heavy atom. The molecular weight excluding hydrogens is 348 g/mol. The normalized spacial score (nSPS) is 10.5. The first-order valence-corrected chi connectivity index (χ1v) is 7.58. The van der Waals surface area contributed by atoms with Crippen molar-refractivity contribution in [3.8, 4) is 16.9 Å². The van der Waals surface area contributed by atoms with Crippen LogP contribution in [0.15, 0.2) is 48.7 Å². The van der Waals surface area contributed by atoms with E-state index in [2.05, 4.69) is 10.3 Å². The van der Waals surface area contributed by atoms with Gasteiger partial charge in [0.05, 0.1) is 5.69 Å². The lowest BCUT2D eigenvalue weighted by Gasteiger charge is -2.12. The minimum Gasteiger partial charge on any atom is -0.503 e. The third-order valence-electron chi connectivity index (χ3n) is 3.57. The van der Waals surface area contributed by atoms with Crippen molar-refractivity contribution < 1.29 is 13.9 Å². The minimum absolute atomic E-state index is 0.0450. The number of phenolic OH excluding ortho intramolecular Hbond substituents is 1. The number of halogens is 3. The quantitative estimate of drug-likeness (QED) is 0.566. The number of hydrogen-bond donors (Lipinski definition) is 3. The highest BCUT2D eigenvalue weighted by atomic mass is 35.5. The van der Waals surface area contributed by atoms with Gasteiger partial charge in [0.25, 0.3) is 0 Å². The molecule has 0 atom stereocenters. The number of anilines is 2. The molecule has 126 valence electrons. The van der Waals surface area contributed by atoms with Crippen LogP contribution >= 0.6 is 11.6 Å².